The van der Waals surface area contributed by atoms with Gasteiger partial charge in [0.25, 0.3) is 0 Å². The molecular weight excluding hydrogens is 393 g/mol. The van der Waals surface area contributed by atoms with Crippen LogP contribution in [-0.2, 0) is 9.53 Å². The van der Waals surface area contributed by atoms with Crippen LogP contribution in [0.2, 0.25) is 0 Å². The predicted molar refractivity (Wildman–Crippen MR) is 102 cm³/mol. The van der Waals surface area contributed by atoms with Crippen LogP contribution in [0.25, 0.3) is 0 Å². The molecule has 0 spiro atoms. The minimum atomic E-state index is -0.0444. The molecule has 6 heteroatoms. The standard InChI is InChI=1S/C16H31N3O2.HI/c1-5-21-15(20)14-8-11-19(12-9-14)16(17-4)18-10-6-7-13(2)3;/h13-14H,5-12H2,1-4H3,(H,17,18);1H. The van der Waals surface area contributed by atoms with Crippen LogP contribution in [0.3, 0.4) is 0 Å². The monoisotopic (exact) mass is 425 g/mol. The summed E-state index contributed by atoms with van der Waals surface area (Å²) in [5, 5.41) is 3.42. The minimum Gasteiger partial charge on any atom is -0.466 e. The van der Waals surface area contributed by atoms with Gasteiger partial charge < -0.3 is 15.0 Å². The second-order valence-corrected chi connectivity index (χ2v) is 6.02. The number of hydrogen-bond acceptors (Lipinski definition) is 3. The number of halogens is 1. The van der Waals surface area contributed by atoms with Gasteiger partial charge in [-0.25, -0.2) is 0 Å². The fourth-order valence-electron chi connectivity index (χ4n) is 2.63. The van der Waals surface area contributed by atoms with Gasteiger partial charge in [0.1, 0.15) is 0 Å². The number of likely N-dealkylation sites (tertiary alicyclic amines) is 1. The number of esters is 1. The van der Waals surface area contributed by atoms with Gasteiger partial charge in [0.2, 0.25) is 0 Å². The average Bonchev–Trinajstić information content (AvgIpc) is 2.47. The van der Waals surface area contributed by atoms with E-state index in [4.69, 9.17) is 4.74 Å². The molecular formula is C16H32IN3O2. The molecule has 1 rings (SSSR count). The summed E-state index contributed by atoms with van der Waals surface area (Å²) in [4.78, 5) is 18.3. The Bertz CT molecular complexity index is 340. The van der Waals surface area contributed by atoms with Gasteiger partial charge in [0.05, 0.1) is 12.5 Å². The molecule has 0 aromatic carbocycles. The van der Waals surface area contributed by atoms with Gasteiger partial charge in [0.15, 0.2) is 5.96 Å². The number of carbonyl (C=O) groups is 1. The molecule has 0 aromatic heterocycles. The summed E-state index contributed by atoms with van der Waals surface area (Å²) in [6.45, 7) is 9.52. The molecule has 0 bridgehead atoms. The zero-order valence-electron chi connectivity index (χ0n) is 14.4. The third-order valence-corrected chi connectivity index (χ3v) is 3.87. The van der Waals surface area contributed by atoms with Gasteiger partial charge in [-0.05, 0) is 38.5 Å². The van der Waals surface area contributed by atoms with Crippen LogP contribution >= 0.6 is 24.0 Å². The second-order valence-electron chi connectivity index (χ2n) is 6.02. The molecule has 0 aliphatic carbocycles. The van der Waals surface area contributed by atoms with Crippen molar-refractivity contribution >= 4 is 35.9 Å². The summed E-state index contributed by atoms with van der Waals surface area (Å²) in [6, 6.07) is 0. The molecule has 22 heavy (non-hydrogen) atoms. The first-order valence-electron chi connectivity index (χ1n) is 8.20. The summed E-state index contributed by atoms with van der Waals surface area (Å²) in [7, 11) is 1.82. The molecule has 0 saturated carbocycles. The first-order valence-corrected chi connectivity index (χ1v) is 8.20. The number of hydrogen-bond donors (Lipinski definition) is 1. The fourth-order valence-corrected chi connectivity index (χ4v) is 2.63. The largest absolute Gasteiger partial charge is 0.466 e. The van der Waals surface area contributed by atoms with Crippen molar-refractivity contribution in [2.75, 3.05) is 33.3 Å². The first-order chi connectivity index (χ1) is 10.1. The van der Waals surface area contributed by atoms with Crippen molar-refractivity contribution in [1.29, 1.82) is 0 Å². The summed E-state index contributed by atoms with van der Waals surface area (Å²) < 4.78 is 5.10. The van der Waals surface area contributed by atoms with Gasteiger partial charge in [0, 0.05) is 26.7 Å². The minimum absolute atomic E-state index is 0. The predicted octanol–water partition coefficient (Wildman–Crippen LogP) is 2.89. The van der Waals surface area contributed by atoms with E-state index in [1.807, 2.05) is 14.0 Å². The van der Waals surface area contributed by atoms with Crippen molar-refractivity contribution in [1.82, 2.24) is 10.2 Å². The molecule has 5 nitrogen and oxygen atoms in total. The zero-order chi connectivity index (χ0) is 15.7. The summed E-state index contributed by atoms with van der Waals surface area (Å²) in [5.74, 6) is 1.72. The normalized spacial score (nSPS) is 16.4. The SMILES string of the molecule is CCOC(=O)C1CCN(C(=NC)NCCCC(C)C)CC1.I. The lowest BCUT2D eigenvalue weighted by atomic mass is 9.97. The Morgan fingerprint density at radius 1 is 1.36 bits per heavy atom. The van der Waals surface area contributed by atoms with Crippen molar-refractivity contribution in [3.8, 4) is 0 Å². The van der Waals surface area contributed by atoms with Gasteiger partial charge in [-0.15, -0.1) is 24.0 Å². The van der Waals surface area contributed by atoms with Gasteiger partial charge >= 0.3 is 5.97 Å². The highest BCUT2D eigenvalue weighted by Crippen LogP contribution is 2.18. The van der Waals surface area contributed by atoms with E-state index < -0.39 is 0 Å². The number of nitrogens with zero attached hydrogens (tertiary/aromatic N) is 2. The topological polar surface area (TPSA) is 53.9 Å². The number of nitrogens with one attached hydrogen (secondary N) is 1. The lowest BCUT2D eigenvalue weighted by Crippen LogP contribution is -2.47. The molecule has 1 saturated heterocycles. The highest BCUT2D eigenvalue weighted by molar-refractivity contribution is 14.0. The third kappa shape index (κ3) is 7.65. The summed E-state index contributed by atoms with van der Waals surface area (Å²) in [5.41, 5.74) is 0. The van der Waals surface area contributed by atoms with Crippen molar-refractivity contribution in [3.05, 3.63) is 0 Å². The van der Waals surface area contributed by atoms with E-state index >= 15 is 0 Å². The number of carbonyl (C=O) groups excluding carboxylic acids is 1. The van der Waals surface area contributed by atoms with Crippen LogP contribution < -0.4 is 5.32 Å². The maximum Gasteiger partial charge on any atom is 0.309 e. The zero-order valence-corrected chi connectivity index (χ0v) is 16.8. The van der Waals surface area contributed by atoms with Crippen LogP contribution in [0.15, 0.2) is 4.99 Å². The average molecular weight is 425 g/mol. The Morgan fingerprint density at radius 3 is 2.50 bits per heavy atom. The lowest BCUT2D eigenvalue weighted by molar-refractivity contribution is -0.149. The maximum absolute atomic E-state index is 11.7. The van der Waals surface area contributed by atoms with E-state index in [1.165, 1.54) is 6.42 Å². The fraction of sp³-hybridized carbons (Fsp3) is 0.875. The van der Waals surface area contributed by atoms with E-state index in [0.29, 0.717) is 6.61 Å². The maximum atomic E-state index is 11.7. The van der Waals surface area contributed by atoms with Crippen LogP contribution in [0.1, 0.15) is 46.5 Å². The Kier molecular flexibility index (Phi) is 11.7. The summed E-state index contributed by atoms with van der Waals surface area (Å²) >= 11 is 0. The highest BCUT2D eigenvalue weighted by atomic mass is 127. The van der Waals surface area contributed by atoms with Gasteiger partial charge in [-0.2, -0.15) is 0 Å². The molecule has 1 heterocycles. The quantitative estimate of drug-likeness (QED) is 0.234. The van der Waals surface area contributed by atoms with Gasteiger partial charge in [-0.3, -0.25) is 9.79 Å². The number of rotatable bonds is 6. The van der Waals surface area contributed by atoms with E-state index in [1.54, 1.807) is 0 Å². The second kappa shape index (κ2) is 12.0. The molecule has 0 aromatic rings. The first kappa shape index (κ1) is 21.5. The van der Waals surface area contributed by atoms with Crippen molar-refractivity contribution < 1.29 is 9.53 Å². The third-order valence-electron chi connectivity index (χ3n) is 3.87. The molecule has 0 atom stereocenters. The number of piperidine rings is 1. The van der Waals surface area contributed by atoms with Crippen molar-refractivity contribution in [3.63, 3.8) is 0 Å². The van der Waals surface area contributed by atoms with Crippen LogP contribution in [-0.4, -0.2) is 50.1 Å². The molecule has 0 amide bonds. The molecule has 0 unspecified atom stereocenters. The smallest absolute Gasteiger partial charge is 0.309 e. The Labute approximate surface area is 152 Å². The van der Waals surface area contributed by atoms with Crippen LogP contribution in [0.5, 0.6) is 0 Å². The molecule has 130 valence electrons. The lowest BCUT2D eigenvalue weighted by Gasteiger charge is -2.33. The van der Waals surface area contributed by atoms with E-state index in [2.05, 4.69) is 29.1 Å². The molecule has 0 radical (unpaired) electrons. The highest BCUT2D eigenvalue weighted by Gasteiger charge is 2.27. The van der Waals surface area contributed by atoms with Crippen LogP contribution in [0.4, 0.5) is 0 Å². The summed E-state index contributed by atoms with van der Waals surface area (Å²) in [6.07, 6.45) is 4.10. The number of guanidine groups is 1. The number of aliphatic imine (C=N–C) groups is 1. The Hall–Kier alpha value is -0.530. The van der Waals surface area contributed by atoms with E-state index in [0.717, 1.165) is 50.8 Å². The van der Waals surface area contributed by atoms with Crippen molar-refractivity contribution in [2.24, 2.45) is 16.8 Å². The van der Waals surface area contributed by atoms with Gasteiger partial charge in [-0.1, -0.05) is 13.8 Å². The Balaban J connectivity index is 0.00000441. The van der Waals surface area contributed by atoms with E-state index in [-0.39, 0.29) is 35.9 Å². The molecule has 1 N–H and O–H groups in total. The molecule has 1 aliphatic heterocycles. The van der Waals surface area contributed by atoms with Crippen LogP contribution in [0, 0.1) is 11.8 Å². The molecule has 1 aliphatic rings. The van der Waals surface area contributed by atoms with E-state index in [9.17, 15) is 4.79 Å². The van der Waals surface area contributed by atoms with Crippen molar-refractivity contribution in [2.45, 2.75) is 46.5 Å². The molecule has 1 fully saturated rings. The number of ether oxygens (including phenoxy) is 1. The Morgan fingerprint density at radius 2 is 2.00 bits per heavy atom.